The van der Waals surface area contributed by atoms with Crippen LogP contribution in [0.5, 0.6) is 0 Å². The molecule has 1 atom stereocenters. The first-order valence-electron chi connectivity index (χ1n) is 12.3. The van der Waals surface area contributed by atoms with Crippen molar-refractivity contribution in [2.24, 2.45) is 0 Å². The van der Waals surface area contributed by atoms with E-state index in [9.17, 15) is 14.4 Å². The van der Waals surface area contributed by atoms with Crippen LogP contribution in [0, 0.1) is 12.3 Å². The molecule has 0 aliphatic carbocycles. The van der Waals surface area contributed by atoms with Crippen LogP contribution >= 0.6 is 0 Å². The number of terminal acetylenes is 1. The van der Waals surface area contributed by atoms with Gasteiger partial charge < -0.3 is 10.6 Å². The second-order valence-electron chi connectivity index (χ2n) is 9.19. The first-order chi connectivity index (χ1) is 16.9. The fourth-order valence-corrected chi connectivity index (χ4v) is 4.77. The molecule has 0 radical (unpaired) electrons. The Bertz CT molecular complexity index is 1060. The molecule has 2 aromatic rings. The van der Waals surface area contributed by atoms with Crippen LogP contribution in [-0.4, -0.2) is 72.7 Å². The Morgan fingerprint density at radius 1 is 1.09 bits per heavy atom. The summed E-state index contributed by atoms with van der Waals surface area (Å²) >= 11 is 0. The Balaban J connectivity index is 1.58. The molecule has 2 aromatic carbocycles. The van der Waals surface area contributed by atoms with E-state index in [-0.39, 0.29) is 49.3 Å². The number of amides is 2. The van der Waals surface area contributed by atoms with Crippen molar-refractivity contribution in [3.63, 3.8) is 0 Å². The quantitative estimate of drug-likeness (QED) is 0.487. The van der Waals surface area contributed by atoms with E-state index >= 15 is 0 Å². The number of nitrogens with zero attached hydrogens (tertiary/aromatic N) is 2. The van der Waals surface area contributed by atoms with Crippen LogP contribution in [0.3, 0.4) is 0 Å². The normalized spacial score (nSPS) is 15.5. The first-order valence-corrected chi connectivity index (χ1v) is 12.3. The molecule has 1 aliphatic rings. The van der Waals surface area contributed by atoms with Gasteiger partial charge in [0, 0.05) is 38.1 Å². The zero-order chi connectivity index (χ0) is 25.2. The SMILES string of the molecule is C#CCNC(=O)CNC(=O)CN(CCC(C)=O)C1CCN([C@H](C)c2cccc3ccccc23)CC1. The summed E-state index contributed by atoms with van der Waals surface area (Å²) in [5.41, 5.74) is 1.33. The third kappa shape index (κ3) is 7.64. The van der Waals surface area contributed by atoms with Crippen molar-refractivity contribution in [1.29, 1.82) is 0 Å². The van der Waals surface area contributed by atoms with Gasteiger partial charge >= 0.3 is 0 Å². The van der Waals surface area contributed by atoms with Crippen LogP contribution in [0.25, 0.3) is 10.8 Å². The number of Topliss-reactive ketones (excluding diaryl/α,β-unsaturated/α-hetero) is 1. The molecule has 1 aliphatic heterocycles. The number of nitrogens with one attached hydrogen (secondary N) is 2. The molecule has 1 fully saturated rings. The molecule has 3 rings (SSSR count). The molecule has 0 aromatic heterocycles. The number of likely N-dealkylation sites (tertiary alicyclic amines) is 1. The second kappa shape index (κ2) is 13.0. The highest BCUT2D eigenvalue weighted by Crippen LogP contribution is 2.30. The molecule has 0 bridgehead atoms. The number of rotatable bonds is 11. The van der Waals surface area contributed by atoms with E-state index in [1.54, 1.807) is 6.92 Å². The minimum Gasteiger partial charge on any atom is -0.346 e. The fourth-order valence-electron chi connectivity index (χ4n) is 4.77. The smallest absolute Gasteiger partial charge is 0.240 e. The average molecular weight is 477 g/mol. The molecule has 35 heavy (non-hydrogen) atoms. The van der Waals surface area contributed by atoms with Crippen LogP contribution in [0.15, 0.2) is 42.5 Å². The highest BCUT2D eigenvalue weighted by Gasteiger charge is 2.29. The predicted molar refractivity (Wildman–Crippen MR) is 139 cm³/mol. The van der Waals surface area contributed by atoms with Crippen molar-refractivity contribution in [2.45, 2.75) is 45.2 Å². The summed E-state index contributed by atoms with van der Waals surface area (Å²) < 4.78 is 0. The van der Waals surface area contributed by atoms with Gasteiger partial charge in [-0.25, -0.2) is 0 Å². The largest absolute Gasteiger partial charge is 0.346 e. The number of ketones is 1. The van der Waals surface area contributed by atoms with Crippen molar-refractivity contribution in [1.82, 2.24) is 20.4 Å². The summed E-state index contributed by atoms with van der Waals surface area (Å²) in [7, 11) is 0. The number of benzene rings is 2. The molecule has 0 spiro atoms. The maximum Gasteiger partial charge on any atom is 0.240 e. The predicted octanol–water partition coefficient (Wildman–Crippen LogP) is 2.51. The highest BCUT2D eigenvalue weighted by atomic mass is 16.2. The minimum atomic E-state index is -0.317. The van der Waals surface area contributed by atoms with E-state index in [0.29, 0.717) is 13.0 Å². The second-order valence-corrected chi connectivity index (χ2v) is 9.19. The van der Waals surface area contributed by atoms with E-state index in [1.807, 2.05) is 0 Å². The molecule has 0 saturated carbocycles. The number of fused-ring (bicyclic) bond motifs is 1. The average Bonchev–Trinajstić information content (AvgIpc) is 2.87. The topological polar surface area (TPSA) is 81.8 Å². The molecule has 1 heterocycles. The highest BCUT2D eigenvalue weighted by molar-refractivity contribution is 5.86. The molecule has 186 valence electrons. The molecule has 1 saturated heterocycles. The Hall–Kier alpha value is -3.21. The maximum absolute atomic E-state index is 12.5. The fraction of sp³-hybridized carbons (Fsp3) is 0.464. The standard InChI is InChI=1S/C28H36N4O3/c1-4-15-29-27(34)19-30-28(35)20-32(16-12-21(2)33)24-13-17-31(18-14-24)22(3)25-11-7-9-23-8-5-6-10-26(23)25/h1,5-11,22,24H,12-20H2,2-3H3,(H,29,34)(H,30,35)/t22-/m1/s1. The summed E-state index contributed by atoms with van der Waals surface area (Å²) in [6.45, 7) is 6.40. The van der Waals surface area contributed by atoms with Crippen molar-refractivity contribution in [2.75, 3.05) is 39.3 Å². The molecule has 7 nitrogen and oxygen atoms in total. The molecule has 2 amide bonds. The Kier molecular flexibility index (Phi) is 9.83. The summed E-state index contributed by atoms with van der Waals surface area (Å²) in [6, 6.07) is 15.5. The Morgan fingerprint density at radius 2 is 1.80 bits per heavy atom. The Labute approximate surface area is 208 Å². The van der Waals surface area contributed by atoms with Gasteiger partial charge in [-0.1, -0.05) is 48.4 Å². The van der Waals surface area contributed by atoms with Crippen LogP contribution < -0.4 is 10.6 Å². The molecular formula is C28H36N4O3. The van der Waals surface area contributed by atoms with Crippen molar-refractivity contribution in [3.8, 4) is 12.3 Å². The summed E-state index contributed by atoms with van der Waals surface area (Å²) in [5, 5.41) is 7.73. The minimum absolute atomic E-state index is 0.103. The van der Waals surface area contributed by atoms with Crippen LogP contribution in [0.4, 0.5) is 0 Å². The summed E-state index contributed by atoms with van der Waals surface area (Å²) in [6.07, 6.45) is 7.38. The van der Waals surface area contributed by atoms with Gasteiger partial charge in [0.25, 0.3) is 0 Å². The first kappa shape index (κ1) is 26.4. The van der Waals surface area contributed by atoms with Crippen LogP contribution in [0.2, 0.25) is 0 Å². The lowest BCUT2D eigenvalue weighted by atomic mass is 9.95. The number of carbonyl (C=O) groups excluding carboxylic acids is 3. The zero-order valence-corrected chi connectivity index (χ0v) is 20.8. The number of hydrogen-bond acceptors (Lipinski definition) is 5. The molecule has 7 heteroatoms. The van der Waals surface area contributed by atoms with Gasteiger partial charge in [0.15, 0.2) is 0 Å². The van der Waals surface area contributed by atoms with Crippen molar-refractivity contribution < 1.29 is 14.4 Å². The lowest BCUT2D eigenvalue weighted by molar-refractivity contribution is -0.127. The molecular weight excluding hydrogens is 440 g/mol. The maximum atomic E-state index is 12.5. The van der Waals surface area contributed by atoms with Gasteiger partial charge in [0.05, 0.1) is 19.6 Å². The summed E-state index contributed by atoms with van der Waals surface area (Å²) in [5.74, 6) is 1.89. The van der Waals surface area contributed by atoms with E-state index in [1.165, 1.54) is 16.3 Å². The van der Waals surface area contributed by atoms with Gasteiger partial charge in [-0.15, -0.1) is 6.42 Å². The van der Waals surface area contributed by atoms with Gasteiger partial charge in [-0.2, -0.15) is 0 Å². The van der Waals surface area contributed by atoms with Gasteiger partial charge in [-0.05, 0) is 43.0 Å². The van der Waals surface area contributed by atoms with E-state index in [0.717, 1.165) is 25.9 Å². The van der Waals surface area contributed by atoms with Gasteiger partial charge in [-0.3, -0.25) is 24.2 Å². The third-order valence-corrected chi connectivity index (χ3v) is 6.77. The number of hydrogen-bond donors (Lipinski definition) is 2. The number of piperidine rings is 1. The van der Waals surface area contributed by atoms with E-state index < -0.39 is 0 Å². The number of carbonyl (C=O) groups is 3. The van der Waals surface area contributed by atoms with E-state index in [2.05, 4.69) is 75.7 Å². The molecule has 2 N–H and O–H groups in total. The lowest BCUT2D eigenvalue weighted by Crippen LogP contribution is -2.50. The monoisotopic (exact) mass is 476 g/mol. The Morgan fingerprint density at radius 3 is 2.51 bits per heavy atom. The van der Waals surface area contributed by atoms with E-state index in [4.69, 9.17) is 6.42 Å². The van der Waals surface area contributed by atoms with Crippen LogP contribution in [-0.2, 0) is 14.4 Å². The third-order valence-electron chi connectivity index (χ3n) is 6.77. The van der Waals surface area contributed by atoms with Crippen molar-refractivity contribution >= 4 is 28.4 Å². The molecule has 0 unspecified atom stereocenters. The van der Waals surface area contributed by atoms with Crippen molar-refractivity contribution in [3.05, 3.63) is 48.0 Å². The van der Waals surface area contributed by atoms with Crippen LogP contribution in [0.1, 0.15) is 44.7 Å². The summed E-state index contributed by atoms with van der Waals surface area (Å²) in [4.78, 5) is 40.5. The lowest BCUT2D eigenvalue weighted by Gasteiger charge is -2.40. The zero-order valence-electron chi connectivity index (χ0n) is 20.8. The van der Waals surface area contributed by atoms with Gasteiger partial charge in [0.1, 0.15) is 5.78 Å². The van der Waals surface area contributed by atoms with Gasteiger partial charge in [0.2, 0.25) is 11.8 Å².